The SMILES string of the molecule is COc1cccc(Oc2ccc(-c3nnc(CO/N=C(/c4ccccc4)c4nnnn4C)o3)c(Cl)c2)c1. The van der Waals surface area contributed by atoms with Crippen molar-refractivity contribution in [2.24, 2.45) is 12.2 Å². The molecule has 2 heterocycles. The molecule has 0 fully saturated rings. The van der Waals surface area contributed by atoms with E-state index in [1.807, 2.05) is 48.5 Å². The van der Waals surface area contributed by atoms with E-state index < -0.39 is 0 Å². The van der Waals surface area contributed by atoms with Crippen LogP contribution in [0.5, 0.6) is 17.2 Å². The van der Waals surface area contributed by atoms with Crippen LogP contribution in [0.25, 0.3) is 11.5 Å². The Morgan fingerprint density at radius 1 is 0.946 bits per heavy atom. The summed E-state index contributed by atoms with van der Waals surface area (Å²) in [6.45, 7) is -0.0662. The summed E-state index contributed by atoms with van der Waals surface area (Å²) in [4.78, 5) is 5.52. The third kappa shape index (κ3) is 5.57. The monoisotopic (exact) mass is 517 g/mol. The molecule has 37 heavy (non-hydrogen) atoms. The maximum Gasteiger partial charge on any atom is 0.257 e. The van der Waals surface area contributed by atoms with Crippen molar-refractivity contribution in [3.8, 4) is 28.7 Å². The molecule has 0 unspecified atom stereocenters. The fourth-order valence-corrected chi connectivity index (χ4v) is 3.61. The summed E-state index contributed by atoms with van der Waals surface area (Å²) >= 11 is 6.48. The lowest BCUT2D eigenvalue weighted by molar-refractivity contribution is 0.111. The van der Waals surface area contributed by atoms with E-state index in [1.54, 1.807) is 38.4 Å². The van der Waals surface area contributed by atoms with Gasteiger partial charge in [-0.1, -0.05) is 53.2 Å². The van der Waals surface area contributed by atoms with Crippen molar-refractivity contribution < 1.29 is 18.7 Å². The summed E-state index contributed by atoms with van der Waals surface area (Å²) in [5, 5.41) is 24.3. The first kappa shape index (κ1) is 23.9. The highest BCUT2D eigenvalue weighted by Crippen LogP contribution is 2.33. The summed E-state index contributed by atoms with van der Waals surface area (Å²) in [5.74, 6) is 2.75. The zero-order valence-electron chi connectivity index (χ0n) is 19.8. The second-order valence-electron chi connectivity index (χ2n) is 7.63. The molecule has 0 atom stereocenters. The summed E-state index contributed by atoms with van der Waals surface area (Å²) < 4.78 is 18.3. The maximum absolute atomic E-state index is 6.48. The molecule has 2 aromatic heterocycles. The molecule has 3 aromatic carbocycles. The highest BCUT2D eigenvalue weighted by molar-refractivity contribution is 6.33. The topological polar surface area (TPSA) is 123 Å². The van der Waals surface area contributed by atoms with Crippen LogP contribution in [0.4, 0.5) is 0 Å². The Labute approximate surface area is 216 Å². The molecular weight excluding hydrogens is 498 g/mol. The van der Waals surface area contributed by atoms with Crippen LogP contribution in [0.15, 0.2) is 82.4 Å². The van der Waals surface area contributed by atoms with Gasteiger partial charge in [0.05, 0.1) is 17.7 Å². The molecule has 0 saturated heterocycles. The molecule has 0 bridgehead atoms. The Morgan fingerprint density at radius 2 is 1.76 bits per heavy atom. The van der Waals surface area contributed by atoms with Gasteiger partial charge < -0.3 is 18.7 Å². The van der Waals surface area contributed by atoms with E-state index in [4.69, 9.17) is 30.3 Å². The number of hydrogen-bond donors (Lipinski definition) is 0. The Kier molecular flexibility index (Phi) is 7.04. The number of oxime groups is 1. The smallest absolute Gasteiger partial charge is 0.257 e. The van der Waals surface area contributed by atoms with E-state index in [-0.39, 0.29) is 18.4 Å². The molecule has 5 aromatic rings. The van der Waals surface area contributed by atoms with E-state index >= 15 is 0 Å². The summed E-state index contributed by atoms with van der Waals surface area (Å²) in [6.07, 6.45) is 0. The summed E-state index contributed by atoms with van der Waals surface area (Å²) in [7, 11) is 3.31. The molecular formula is C25H20ClN7O4. The third-order valence-electron chi connectivity index (χ3n) is 5.14. The first-order valence-corrected chi connectivity index (χ1v) is 11.4. The van der Waals surface area contributed by atoms with Crippen LogP contribution in [0.1, 0.15) is 17.3 Å². The minimum absolute atomic E-state index is 0.0662. The molecule has 0 N–H and O–H groups in total. The van der Waals surface area contributed by atoms with Crippen LogP contribution in [0.3, 0.4) is 0 Å². The number of rotatable bonds is 9. The van der Waals surface area contributed by atoms with Gasteiger partial charge in [-0.2, -0.15) is 0 Å². The number of nitrogens with zero attached hydrogens (tertiary/aromatic N) is 7. The number of tetrazole rings is 1. The molecule has 0 aliphatic heterocycles. The quantitative estimate of drug-likeness (QED) is 0.202. The molecule has 0 saturated carbocycles. The van der Waals surface area contributed by atoms with Crippen LogP contribution >= 0.6 is 11.6 Å². The highest BCUT2D eigenvalue weighted by Gasteiger charge is 2.16. The molecule has 5 rings (SSSR count). The van der Waals surface area contributed by atoms with Crippen molar-refractivity contribution >= 4 is 17.3 Å². The van der Waals surface area contributed by atoms with Gasteiger partial charge in [-0.05, 0) is 34.7 Å². The van der Waals surface area contributed by atoms with Gasteiger partial charge in [0, 0.05) is 24.7 Å². The molecule has 0 aliphatic rings. The first-order chi connectivity index (χ1) is 18.1. The van der Waals surface area contributed by atoms with E-state index in [9.17, 15) is 0 Å². The van der Waals surface area contributed by atoms with E-state index in [0.29, 0.717) is 39.4 Å². The van der Waals surface area contributed by atoms with Crippen LogP contribution in [0, 0.1) is 0 Å². The highest BCUT2D eigenvalue weighted by atomic mass is 35.5. The molecule has 0 amide bonds. The van der Waals surface area contributed by atoms with Crippen molar-refractivity contribution in [2.45, 2.75) is 6.61 Å². The average Bonchev–Trinajstić information content (AvgIpc) is 3.56. The van der Waals surface area contributed by atoms with Gasteiger partial charge in [0.2, 0.25) is 11.7 Å². The van der Waals surface area contributed by atoms with Gasteiger partial charge >= 0.3 is 0 Å². The lowest BCUT2D eigenvalue weighted by Gasteiger charge is -2.08. The third-order valence-corrected chi connectivity index (χ3v) is 5.45. The average molecular weight is 518 g/mol. The predicted molar refractivity (Wildman–Crippen MR) is 133 cm³/mol. The van der Waals surface area contributed by atoms with Gasteiger partial charge in [-0.25, -0.2) is 4.68 Å². The Bertz CT molecular complexity index is 1540. The lowest BCUT2D eigenvalue weighted by atomic mass is 10.1. The lowest BCUT2D eigenvalue weighted by Crippen LogP contribution is -2.12. The minimum Gasteiger partial charge on any atom is -0.497 e. The maximum atomic E-state index is 6.48. The molecule has 12 heteroatoms. The van der Waals surface area contributed by atoms with E-state index in [1.165, 1.54) is 4.68 Å². The Balaban J connectivity index is 1.29. The van der Waals surface area contributed by atoms with Gasteiger partial charge in [0.25, 0.3) is 5.89 Å². The van der Waals surface area contributed by atoms with Crippen molar-refractivity contribution in [3.63, 3.8) is 0 Å². The van der Waals surface area contributed by atoms with E-state index in [0.717, 1.165) is 5.56 Å². The first-order valence-electron chi connectivity index (χ1n) is 11.0. The zero-order valence-corrected chi connectivity index (χ0v) is 20.5. The number of benzene rings is 3. The van der Waals surface area contributed by atoms with Crippen LogP contribution < -0.4 is 9.47 Å². The Morgan fingerprint density at radius 3 is 2.51 bits per heavy atom. The number of methoxy groups -OCH3 is 1. The molecule has 11 nitrogen and oxygen atoms in total. The number of halogens is 1. The van der Waals surface area contributed by atoms with E-state index in [2.05, 4.69) is 30.9 Å². The second-order valence-corrected chi connectivity index (χ2v) is 8.04. The van der Waals surface area contributed by atoms with Crippen molar-refractivity contribution in [1.82, 2.24) is 30.4 Å². The van der Waals surface area contributed by atoms with Crippen molar-refractivity contribution in [3.05, 3.63) is 95.1 Å². The largest absolute Gasteiger partial charge is 0.497 e. The molecule has 0 radical (unpaired) electrons. The second kappa shape index (κ2) is 10.9. The zero-order chi connectivity index (χ0) is 25.6. The minimum atomic E-state index is -0.0662. The van der Waals surface area contributed by atoms with Gasteiger partial charge in [0.15, 0.2) is 12.3 Å². The van der Waals surface area contributed by atoms with Crippen LogP contribution in [-0.4, -0.2) is 43.2 Å². The van der Waals surface area contributed by atoms with Gasteiger partial charge in [-0.3, -0.25) is 0 Å². The van der Waals surface area contributed by atoms with Crippen LogP contribution in [0.2, 0.25) is 5.02 Å². The molecule has 186 valence electrons. The number of aryl methyl sites for hydroxylation is 1. The van der Waals surface area contributed by atoms with Crippen molar-refractivity contribution in [1.29, 1.82) is 0 Å². The number of hydrogen-bond acceptors (Lipinski definition) is 10. The number of ether oxygens (including phenoxy) is 2. The van der Waals surface area contributed by atoms with Crippen molar-refractivity contribution in [2.75, 3.05) is 7.11 Å². The fraction of sp³-hybridized carbons (Fsp3) is 0.120. The standard InChI is InChI=1S/C25H20ClN7O4/c1-33-24(28-31-32-33)23(16-7-4-3-5-8-16)30-35-15-22-27-29-25(37-22)20-12-11-19(14-21(20)26)36-18-10-6-9-17(13-18)34-2/h3-14H,15H2,1-2H3/b30-23-. The number of aromatic nitrogens is 6. The van der Waals surface area contributed by atoms with Gasteiger partial charge in [-0.15, -0.1) is 15.3 Å². The molecule has 0 aliphatic carbocycles. The fourth-order valence-electron chi connectivity index (χ4n) is 3.36. The predicted octanol–water partition coefficient (Wildman–Crippen LogP) is 4.68. The van der Waals surface area contributed by atoms with Gasteiger partial charge in [0.1, 0.15) is 17.2 Å². The summed E-state index contributed by atoms with van der Waals surface area (Å²) in [6, 6.07) is 21.9. The Hall–Kier alpha value is -4.77. The van der Waals surface area contributed by atoms with Crippen LogP contribution in [-0.2, 0) is 18.5 Å². The normalized spacial score (nSPS) is 11.4. The molecule has 0 spiro atoms. The summed E-state index contributed by atoms with van der Waals surface area (Å²) in [5.41, 5.74) is 1.80.